The Morgan fingerprint density at radius 3 is 2.89 bits per heavy atom. The van der Waals surface area contributed by atoms with Crippen LogP contribution in [0.4, 0.5) is 0 Å². The van der Waals surface area contributed by atoms with E-state index in [-0.39, 0.29) is 6.10 Å². The molecule has 19 heavy (non-hydrogen) atoms. The summed E-state index contributed by atoms with van der Waals surface area (Å²) in [6, 6.07) is 3.16. The number of benzene rings is 1. The average molecular weight is 265 g/mol. The Morgan fingerprint density at radius 1 is 1.53 bits per heavy atom. The van der Waals surface area contributed by atoms with Crippen LogP contribution < -0.4 is 15.2 Å². The van der Waals surface area contributed by atoms with Gasteiger partial charge in [0.15, 0.2) is 0 Å². The van der Waals surface area contributed by atoms with Gasteiger partial charge in [-0.25, -0.2) is 0 Å². The van der Waals surface area contributed by atoms with Crippen molar-refractivity contribution in [3.63, 3.8) is 0 Å². The number of methoxy groups -OCH3 is 2. The molecular formula is C14H19NO4. The van der Waals surface area contributed by atoms with Gasteiger partial charge in [0, 0.05) is 18.4 Å². The van der Waals surface area contributed by atoms with E-state index in [9.17, 15) is 4.79 Å². The van der Waals surface area contributed by atoms with Crippen LogP contribution in [0.1, 0.15) is 18.1 Å². The van der Waals surface area contributed by atoms with Gasteiger partial charge in [0.1, 0.15) is 23.6 Å². The number of esters is 1. The molecule has 0 saturated heterocycles. The minimum atomic E-state index is -0.698. The number of nitrogens with two attached hydrogens (primary N) is 1. The molecule has 1 aromatic rings. The summed E-state index contributed by atoms with van der Waals surface area (Å²) in [6.07, 6.45) is 1.40. The number of fused-ring (bicyclic) bond motifs is 1. The lowest BCUT2D eigenvalue weighted by atomic mass is 10.0. The molecule has 1 aromatic carbocycles. The topological polar surface area (TPSA) is 70.8 Å². The molecule has 2 unspecified atom stereocenters. The third-order valence-electron chi connectivity index (χ3n) is 3.24. The molecule has 1 aliphatic rings. The first-order chi connectivity index (χ1) is 9.05. The van der Waals surface area contributed by atoms with Crippen LogP contribution in [0, 0.1) is 0 Å². The minimum Gasteiger partial charge on any atom is -0.496 e. The van der Waals surface area contributed by atoms with Crippen molar-refractivity contribution in [3.05, 3.63) is 23.3 Å². The molecule has 1 heterocycles. The van der Waals surface area contributed by atoms with Crippen LogP contribution in [0.3, 0.4) is 0 Å². The second-order valence-corrected chi connectivity index (χ2v) is 4.74. The second-order valence-electron chi connectivity index (χ2n) is 4.74. The van der Waals surface area contributed by atoms with E-state index < -0.39 is 12.0 Å². The van der Waals surface area contributed by atoms with Gasteiger partial charge in [-0.05, 0) is 24.6 Å². The first kappa shape index (κ1) is 13.7. The molecule has 1 aliphatic heterocycles. The first-order valence-electron chi connectivity index (χ1n) is 6.25. The quantitative estimate of drug-likeness (QED) is 0.824. The molecule has 104 valence electrons. The van der Waals surface area contributed by atoms with Crippen molar-refractivity contribution in [1.29, 1.82) is 0 Å². The van der Waals surface area contributed by atoms with Gasteiger partial charge in [-0.3, -0.25) is 4.79 Å². The lowest BCUT2D eigenvalue weighted by molar-refractivity contribution is -0.142. The van der Waals surface area contributed by atoms with E-state index in [1.54, 1.807) is 7.11 Å². The fourth-order valence-electron chi connectivity index (χ4n) is 2.30. The zero-order chi connectivity index (χ0) is 14.0. The van der Waals surface area contributed by atoms with Crippen molar-refractivity contribution in [2.24, 2.45) is 5.73 Å². The summed E-state index contributed by atoms with van der Waals surface area (Å²) in [6.45, 7) is 2.02. The smallest absolute Gasteiger partial charge is 0.322 e. The number of ether oxygens (including phenoxy) is 3. The van der Waals surface area contributed by atoms with Crippen molar-refractivity contribution in [1.82, 2.24) is 0 Å². The molecule has 2 rings (SSSR count). The summed E-state index contributed by atoms with van der Waals surface area (Å²) in [7, 11) is 2.93. The van der Waals surface area contributed by atoms with E-state index in [0.29, 0.717) is 6.42 Å². The molecule has 5 heteroatoms. The Labute approximate surface area is 112 Å². The van der Waals surface area contributed by atoms with Gasteiger partial charge < -0.3 is 19.9 Å². The minimum absolute atomic E-state index is 0.171. The predicted octanol–water partition coefficient (Wildman–Crippen LogP) is 1.06. The van der Waals surface area contributed by atoms with Gasteiger partial charge in [0.25, 0.3) is 0 Å². The number of rotatable bonds is 4. The van der Waals surface area contributed by atoms with Crippen LogP contribution in [0.25, 0.3) is 0 Å². The number of hydrogen-bond acceptors (Lipinski definition) is 5. The highest BCUT2D eigenvalue weighted by molar-refractivity contribution is 5.76. The number of hydrogen-bond donors (Lipinski definition) is 1. The van der Waals surface area contributed by atoms with Crippen LogP contribution in [0.2, 0.25) is 0 Å². The van der Waals surface area contributed by atoms with Crippen molar-refractivity contribution in [3.8, 4) is 11.5 Å². The lowest BCUT2D eigenvalue weighted by Crippen LogP contribution is -2.33. The van der Waals surface area contributed by atoms with E-state index in [1.807, 2.05) is 19.1 Å². The summed E-state index contributed by atoms with van der Waals surface area (Å²) < 4.78 is 15.7. The summed E-state index contributed by atoms with van der Waals surface area (Å²) in [5.41, 5.74) is 7.76. The maximum atomic E-state index is 11.4. The van der Waals surface area contributed by atoms with Crippen LogP contribution in [0.15, 0.2) is 12.1 Å². The third-order valence-corrected chi connectivity index (χ3v) is 3.24. The van der Waals surface area contributed by atoms with Crippen molar-refractivity contribution in [2.75, 3.05) is 14.2 Å². The maximum absolute atomic E-state index is 11.4. The van der Waals surface area contributed by atoms with Gasteiger partial charge >= 0.3 is 5.97 Å². The number of carbonyl (C=O) groups excluding carboxylic acids is 1. The van der Waals surface area contributed by atoms with E-state index in [1.165, 1.54) is 7.11 Å². The largest absolute Gasteiger partial charge is 0.496 e. The second kappa shape index (κ2) is 5.48. The van der Waals surface area contributed by atoms with E-state index in [2.05, 4.69) is 4.74 Å². The molecule has 0 radical (unpaired) electrons. The molecular weight excluding hydrogens is 246 g/mol. The van der Waals surface area contributed by atoms with Crippen LogP contribution in [0.5, 0.6) is 11.5 Å². The highest BCUT2D eigenvalue weighted by atomic mass is 16.5. The fraction of sp³-hybridized carbons (Fsp3) is 0.500. The van der Waals surface area contributed by atoms with Crippen LogP contribution in [-0.4, -0.2) is 32.3 Å². The molecule has 0 fully saturated rings. The normalized spacial score (nSPS) is 18.4. The van der Waals surface area contributed by atoms with Crippen molar-refractivity contribution < 1.29 is 19.0 Å². The zero-order valence-electron chi connectivity index (χ0n) is 11.4. The molecule has 0 aliphatic carbocycles. The first-order valence-corrected chi connectivity index (χ1v) is 6.25. The molecule has 5 nitrogen and oxygen atoms in total. The highest BCUT2D eigenvalue weighted by Gasteiger charge is 2.23. The Bertz CT molecular complexity index is 487. The van der Waals surface area contributed by atoms with Gasteiger partial charge in [0.2, 0.25) is 0 Å². The molecule has 0 spiro atoms. The third kappa shape index (κ3) is 2.81. The summed E-state index contributed by atoms with van der Waals surface area (Å²) in [5, 5.41) is 0. The van der Waals surface area contributed by atoms with E-state index >= 15 is 0 Å². The summed E-state index contributed by atoms with van der Waals surface area (Å²) in [4.78, 5) is 11.4. The standard InChI is InChI=1S/C14H19NO4/c1-8-4-9-6-12(17-2)10(7-13(9)19-8)5-11(15)14(16)18-3/h6-8,11H,4-5,15H2,1-3H3. The lowest BCUT2D eigenvalue weighted by Gasteiger charge is -2.14. The molecule has 0 amide bonds. The Balaban J connectivity index is 2.25. The summed E-state index contributed by atoms with van der Waals surface area (Å²) >= 11 is 0. The fourth-order valence-corrected chi connectivity index (χ4v) is 2.30. The number of carbonyl (C=O) groups is 1. The molecule has 2 N–H and O–H groups in total. The van der Waals surface area contributed by atoms with E-state index in [0.717, 1.165) is 29.0 Å². The predicted molar refractivity (Wildman–Crippen MR) is 70.5 cm³/mol. The van der Waals surface area contributed by atoms with Crippen molar-refractivity contribution >= 4 is 5.97 Å². The summed E-state index contributed by atoms with van der Waals surface area (Å²) in [5.74, 6) is 1.15. The van der Waals surface area contributed by atoms with Crippen molar-refractivity contribution in [2.45, 2.75) is 31.9 Å². The average Bonchev–Trinajstić information content (AvgIpc) is 2.75. The molecule has 0 aromatic heterocycles. The van der Waals surface area contributed by atoms with Gasteiger partial charge in [-0.1, -0.05) is 0 Å². The Morgan fingerprint density at radius 2 is 2.26 bits per heavy atom. The van der Waals surface area contributed by atoms with E-state index in [4.69, 9.17) is 15.2 Å². The van der Waals surface area contributed by atoms with Gasteiger partial charge in [-0.2, -0.15) is 0 Å². The molecule has 0 saturated carbocycles. The Hall–Kier alpha value is -1.75. The Kier molecular flexibility index (Phi) is 3.95. The molecule has 0 bridgehead atoms. The molecule has 2 atom stereocenters. The maximum Gasteiger partial charge on any atom is 0.322 e. The van der Waals surface area contributed by atoms with Crippen LogP contribution >= 0.6 is 0 Å². The van der Waals surface area contributed by atoms with Crippen LogP contribution in [-0.2, 0) is 22.4 Å². The highest BCUT2D eigenvalue weighted by Crippen LogP contribution is 2.35. The zero-order valence-corrected chi connectivity index (χ0v) is 11.4. The van der Waals surface area contributed by atoms with Gasteiger partial charge in [-0.15, -0.1) is 0 Å². The SMILES string of the molecule is COC(=O)C(N)Cc1cc2c(cc1OC)CC(C)O2. The monoisotopic (exact) mass is 265 g/mol. The van der Waals surface area contributed by atoms with Gasteiger partial charge in [0.05, 0.1) is 14.2 Å².